The lowest BCUT2D eigenvalue weighted by molar-refractivity contribution is -0.149. The summed E-state index contributed by atoms with van der Waals surface area (Å²) in [6.07, 6.45) is 4.31. The van der Waals surface area contributed by atoms with E-state index in [1.54, 1.807) is 0 Å². The van der Waals surface area contributed by atoms with Gasteiger partial charge in [0.15, 0.2) is 0 Å². The molecule has 2 rings (SSSR count). The van der Waals surface area contributed by atoms with Crippen molar-refractivity contribution in [3.63, 3.8) is 0 Å². The fourth-order valence-electron chi connectivity index (χ4n) is 2.82. The van der Waals surface area contributed by atoms with E-state index in [0.717, 1.165) is 19.3 Å². The van der Waals surface area contributed by atoms with Gasteiger partial charge in [-0.3, -0.25) is 4.79 Å². The molecule has 21 heavy (non-hydrogen) atoms. The molecule has 1 aliphatic rings. The Hall–Kier alpha value is -1.43. The van der Waals surface area contributed by atoms with E-state index in [4.69, 9.17) is 9.26 Å². The van der Waals surface area contributed by atoms with E-state index in [9.17, 15) is 9.90 Å². The first-order valence-electron chi connectivity index (χ1n) is 7.66. The molecule has 0 aliphatic carbocycles. The highest BCUT2D eigenvalue weighted by atomic mass is 16.5. The number of hydrogen-bond donors (Lipinski definition) is 1. The SMILES string of the molecule is CCC(CC)(Cc1nc(C2(C)CCCCO2)no1)C(=O)O. The summed E-state index contributed by atoms with van der Waals surface area (Å²) in [6, 6.07) is 0. The molecular weight excluding hydrogens is 272 g/mol. The maximum absolute atomic E-state index is 11.5. The van der Waals surface area contributed by atoms with Crippen LogP contribution in [0, 0.1) is 5.41 Å². The van der Waals surface area contributed by atoms with Crippen molar-refractivity contribution >= 4 is 5.97 Å². The van der Waals surface area contributed by atoms with Crippen LogP contribution >= 0.6 is 0 Å². The van der Waals surface area contributed by atoms with Gasteiger partial charge >= 0.3 is 5.97 Å². The summed E-state index contributed by atoms with van der Waals surface area (Å²) in [4.78, 5) is 15.9. The maximum atomic E-state index is 11.5. The third-order valence-electron chi connectivity index (χ3n) is 4.71. The summed E-state index contributed by atoms with van der Waals surface area (Å²) >= 11 is 0. The molecule has 1 saturated heterocycles. The predicted octanol–water partition coefficient (Wildman–Crippen LogP) is 2.92. The predicted molar refractivity (Wildman–Crippen MR) is 75.8 cm³/mol. The van der Waals surface area contributed by atoms with Crippen molar-refractivity contribution in [3.8, 4) is 0 Å². The zero-order valence-electron chi connectivity index (χ0n) is 13.0. The summed E-state index contributed by atoms with van der Waals surface area (Å²) < 4.78 is 11.1. The minimum atomic E-state index is -0.835. The Balaban J connectivity index is 2.18. The van der Waals surface area contributed by atoms with Gasteiger partial charge < -0.3 is 14.4 Å². The fourth-order valence-corrected chi connectivity index (χ4v) is 2.82. The highest BCUT2D eigenvalue weighted by Gasteiger charge is 2.39. The average Bonchev–Trinajstić information content (AvgIpc) is 2.94. The van der Waals surface area contributed by atoms with Gasteiger partial charge in [0, 0.05) is 13.0 Å². The first-order chi connectivity index (χ1) is 9.96. The zero-order chi connectivity index (χ0) is 15.5. The van der Waals surface area contributed by atoms with E-state index in [1.165, 1.54) is 0 Å². The molecule has 1 aliphatic heterocycles. The number of ether oxygens (including phenoxy) is 1. The number of nitrogens with zero attached hydrogens (tertiary/aromatic N) is 2. The summed E-state index contributed by atoms with van der Waals surface area (Å²) in [5.41, 5.74) is -1.34. The second-order valence-corrected chi connectivity index (χ2v) is 6.02. The van der Waals surface area contributed by atoms with Crippen LogP contribution in [0.2, 0.25) is 0 Å². The van der Waals surface area contributed by atoms with E-state index in [2.05, 4.69) is 10.1 Å². The Kier molecular flexibility index (Phi) is 4.66. The molecule has 1 fully saturated rings. The van der Waals surface area contributed by atoms with E-state index in [1.807, 2.05) is 20.8 Å². The molecule has 1 unspecified atom stereocenters. The number of carbonyl (C=O) groups is 1. The third-order valence-corrected chi connectivity index (χ3v) is 4.71. The molecule has 0 bridgehead atoms. The number of aliphatic carboxylic acids is 1. The van der Waals surface area contributed by atoms with Crippen LogP contribution < -0.4 is 0 Å². The molecule has 0 amide bonds. The Morgan fingerprint density at radius 1 is 1.38 bits per heavy atom. The Morgan fingerprint density at radius 3 is 2.62 bits per heavy atom. The zero-order valence-corrected chi connectivity index (χ0v) is 13.0. The van der Waals surface area contributed by atoms with E-state index < -0.39 is 17.0 Å². The van der Waals surface area contributed by atoms with Gasteiger partial charge in [-0.1, -0.05) is 19.0 Å². The fraction of sp³-hybridized carbons (Fsp3) is 0.800. The van der Waals surface area contributed by atoms with Gasteiger partial charge in [0.1, 0.15) is 5.60 Å². The van der Waals surface area contributed by atoms with Crippen LogP contribution in [-0.4, -0.2) is 27.8 Å². The highest BCUT2D eigenvalue weighted by molar-refractivity contribution is 5.74. The van der Waals surface area contributed by atoms with Gasteiger partial charge in [-0.15, -0.1) is 0 Å². The lowest BCUT2D eigenvalue weighted by Crippen LogP contribution is -2.33. The van der Waals surface area contributed by atoms with Crippen molar-refractivity contribution in [2.45, 2.75) is 64.9 Å². The number of carboxylic acid groups (broad SMARTS) is 1. The van der Waals surface area contributed by atoms with Crippen LogP contribution in [0.1, 0.15) is 64.6 Å². The lowest BCUT2D eigenvalue weighted by atomic mass is 9.79. The Labute approximate surface area is 124 Å². The Bertz CT molecular complexity index is 488. The minimum Gasteiger partial charge on any atom is -0.481 e. The molecule has 1 aromatic rings. The van der Waals surface area contributed by atoms with E-state index in [-0.39, 0.29) is 6.42 Å². The van der Waals surface area contributed by atoms with Crippen LogP contribution in [0.5, 0.6) is 0 Å². The van der Waals surface area contributed by atoms with Gasteiger partial charge in [-0.05, 0) is 39.0 Å². The van der Waals surface area contributed by atoms with Crippen LogP contribution in [-0.2, 0) is 21.6 Å². The van der Waals surface area contributed by atoms with E-state index >= 15 is 0 Å². The monoisotopic (exact) mass is 296 g/mol. The first kappa shape index (κ1) is 15.9. The molecule has 1 aromatic heterocycles. The largest absolute Gasteiger partial charge is 0.481 e. The van der Waals surface area contributed by atoms with Crippen molar-refractivity contribution in [1.82, 2.24) is 10.1 Å². The summed E-state index contributed by atoms with van der Waals surface area (Å²) in [6.45, 7) is 6.41. The summed E-state index contributed by atoms with van der Waals surface area (Å²) in [5, 5.41) is 13.5. The van der Waals surface area contributed by atoms with Crippen molar-refractivity contribution < 1.29 is 19.2 Å². The molecule has 0 aromatic carbocycles. The molecular formula is C15H24N2O4. The highest BCUT2D eigenvalue weighted by Crippen LogP contribution is 2.35. The number of rotatable bonds is 6. The molecule has 1 atom stereocenters. The van der Waals surface area contributed by atoms with Gasteiger partial charge in [-0.25, -0.2) is 0 Å². The van der Waals surface area contributed by atoms with E-state index in [0.29, 0.717) is 31.2 Å². The van der Waals surface area contributed by atoms with Gasteiger partial charge in [0.25, 0.3) is 0 Å². The number of carboxylic acids is 1. The lowest BCUT2D eigenvalue weighted by Gasteiger charge is -2.30. The molecule has 2 heterocycles. The minimum absolute atomic E-state index is 0.262. The molecule has 0 spiro atoms. The Morgan fingerprint density at radius 2 is 2.10 bits per heavy atom. The standard InChI is InChI=1S/C15H24N2O4/c1-4-15(5-2,13(18)19)10-11-16-12(17-21-11)14(3)8-6-7-9-20-14/h4-10H2,1-3H3,(H,18,19). The van der Waals surface area contributed by atoms with Crippen molar-refractivity contribution in [3.05, 3.63) is 11.7 Å². The van der Waals surface area contributed by atoms with Crippen LogP contribution in [0.25, 0.3) is 0 Å². The van der Waals surface area contributed by atoms with Crippen LogP contribution in [0.15, 0.2) is 4.52 Å². The van der Waals surface area contributed by atoms with Crippen molar-refractivity contribution in [1.29, 1.82) is 0 Å². The van der Waals surface area contributed by atoms with Crippen molar-refractivity contribution in [2.24, 2.45) is 5.41 Å². The molecule has 6 nitrogen and oxygen atoms in total. The molecule has 0 saturated carbocycles. The summed E-state index contributed by atoms with van der Waals surface area (Å²) in [7, 11) is 0. The van der Waals surface area contributed by atoms with Crippen LogP contribution in [0.3, 0.4) is 0 Å². The summed E-state index contributed by atoms with van der Waals surface area (Å²) in [5.74, 6) is 0.0996. The average molecular weight is 296 g/mol. The maximum Gasteiger partial charge on any atom is 0.310 e. The third kappa shape index (κ3) is 3.10. The second-order valence-electron chi connectivity index (χ2n) is 6.02. The molecule has 1 N–H and O–H groups in total. The molecule has 6 heteroatoms. The van der Waals surface area contributed by atoms with Crippen molar-refractivity contribution in [2.75, 3.05) is 6.61 Å². The van der Waals surface area contributed by atoms with Crippen LogP contribution in [0.4, 0.5) is 0 Å². The second kappa shape index (κ2) is 6.13. The van der Waals surface area contributed by atoms with Gasteiger partial charge in [0.05, 0.1) is 5.41 Å². The number of hydrogen-bond acceptors (Lipinski definition) is 5. The quantitative estimate of drug-likeness (QED) is 0.868. The topological polar surface area (TPSA) is 85.5 Å². The van der Waals surface area contributed by atoms with Gasteiger partial charge in [0.2, 0.25) is 11.7 Å². The normalized spacial score (nSPS) is 23.2. The van der Waals surface area contributed by atoms with Gasteiger partial charge in [-0.2, -0.15) is 4.98 Å². The number of aromatic nitrogens is 2. The smallest absolute Gasteiger partial charge is 0.310 e. The molecule has 118 valence electrons. The molecule has 0 radical (unpaired) electrons. The first-order valence-corrected chi connectivity index (χ1v) is 7.66.